The van der Waals surface area contributed by atoms with Crippen LogP contribution >= 0.6 is 12.4 Å². The lowest BCUT2D eigenvalue weighted by Crippen LogP contribution is -2.49. The van der Waals surface area contributed by atoms with Crippen molar-refractivity contribution < 1.29 is 22.3 Å². The summed E-state index contributed by atoms with van der Waals surface area (Å²) in [5.41, 5.74) is -0.179. The quantitative estimate of drug-likeness (QED) is 0.864. The van der Waals surface area contributed by atoms with E-state index in [0.29, 0.717) is 13.1 Å². The molecule has 1 N–H and O–H groups in total. The third kappa shape index (κ3) is 4.21. The van der Waals surface area contributed by atoms with Crippen LogP contribution in [0.1, 0.15) is 11.6 Å². The van der Waals surface area contributed by atoms with Gasteiger partial charge in [0, 0.05) is 31.7 Å². The minimum absolute atomic E-state index is 0. The summed E-state index contributed by atoms with van der Waals surface area (Å²) in [6.45, 7) is 1.46. The van der Waals surface area contributed by atoms with Crippen LogP contribution in [-0.2, 0) is 0 Å². The van der Waals surface area contributed by atoms with E-state index in [4.69, 9.17) is 4.74 Å². The lowest BCUT2D eigenvalue weighted by Gasteiger charge is -2.36. The molecule has 0 saturated carbocycles. The molecule has 1 aromatic carbocycles. The van der Waals surface area contributed by atoms with Gasteiger partial charge in [0.1, 0.15) is 17.6 Å². The van der Waals surface area contributed by atoms with E-state index >= 15 is 0 Å². The highest BCUT2D eigenvalue weighted by Gasteiger charge is 2.46. The Labute approximate surface area is 126 Å². The third-order valence-corrected chi connectivity index (χ3v) is 3.31. The maximum absolute atomic E-state index is 13.4. The van der Waals surface area contributed by atoms with Crippen LogP contribution in [0, 0.1) is 5.82 Å². The molecule has 1 aliphatic rings. The second kappa shape index (κ2) is 7.29. The van der Waals surface area contributed by atoms with Gasteiger partial charge in [-0.05, 0) is 18.2 Å². The molecule has 1 heterocycles. The van der Waals surface area contributed by atoms with E-state index in [1.807, 2.05) is 0 Å². The molecule has 8 heteroatoms. The molecule has 0 bridgehead atoms. The van der Waals surface area contributed by atoms with Crippen LogP contribution in [0.4, 0.5) is 17.6 Å². The van der Waals surface area contributed by atoms with Crippen molar-refractivity contribution in [1.82, 2.24) is 10.2 Å². The Balaban J connectivity index is 0.00000220. The number of methoxy groups -OCH3 is 1. The summed E-state index contributed by atoms with van der Waals surface area (Å²) in [5.74, 6) is -0.655. The first-order chi connectivity index (χ1) is 9.43. The fourth-order valence-electron chi connectivity index (χ4n) is 2.44. The molecule has 1 aromatic rings. The van der Waals surface area contributed by atoms with Gasteiger partial charge in [-0.1, -0.05) is 0 Å². The Morgan fingerprint density at radius 2 is 1.86 bits per heavy atom. The van der Waals surface area contributed by atoms with Crippen LogP contribution in [0.2, 0.25) is 0 Å². The molecule has 1 atom stereocenters. The standard InChI is InChI=1S/C13H16F4N2O.ClH/c1-20-11-3-2-9(14)8-10(11)12(13(15,16)17)19-6-4-18-5-7-19;/h2-3,8,12,18H,4-7H2,1H3;1H/t12-;/m1./s1. The minimum atomic E-state index is -4.49. The molecule has 1 saturated heterocycles. The molecule has 21 heavy (non-hydrogen) atoms. The SMILES string of the molecule is COc1ccc(F)cc1[C@@H](N1CCNCC1)C(F)(F)F.Cl. The number of piperazine rings is 1. The molecule has 1 fully saturated rings. The number of alkyl halides is 3. The topological polar surface area (TPSA) is 24.5 Å². The number of nitrogens with zero attached hydrogens (tertiary/aromatic N) is 1. The van der Waals surface area contributed by atoms with Gasteiger partial charge in [0.2, 0.25) is 0 Å². The summed E-state index contributed by atoms with van der Waals surface area (Å²) in [6.07, 6.45) is -4.49. The zero-order valence-electron chi connectivity index (χ0n) is 11.4. The van der Waals surface area contributed by atoms with Crippen molar-refractivity contribution >= 4 is 12.4 Å². The normalized spacial score (nSPS) is 18.0. The highest BCUT2D eigenvalue weighted by molar-refractivity contribution is 5.85. The largest absolute Gasteiger partial charge is 0.496 e. The van der Waals surface area contributed by atoms with E-state index in [2.05, 4.69) is 5.32 Å². The van der Waals surface area contributed by atoms with Gasteiger partial charge in [0.15, 0.2) is 0 Å². The zero-order valence-corrected chi connectivity index (χ0v) is 12.2. The highest BCUT2D eigenvalue weighted by atomic mass is 35.5. The number of rotatable bonds is 3. The van der Waals surface area contributed by atoms with Crippen molar-refractivity contribution in [2.24, 2.45) is 0 Å². The van der Waals surface area contributed by atoms with Crippen molar-refractivity contribution in [3.05, 3.63) is 29.6 Å². The molecule has 2 rings (SSSR count). The number of halogens is 5. The molecule has 0 aliphatic carbocycles. The Hall–Kier alpha value is -1.05. The maximum atomic E-state index is 13.4. The first kappa shape index (κ1) is 18.0. The molecular formula is C13H17ClF4N2O. The van der Waals surface area contributed by atoms with Crippen LogP contribution in [0.3, 0.4) is 0 Å². The molecule has 0 spiro atoms. The smallest absolute Gasteiger partial charge is 0.408 e. The number of ether oxygens (including phenoxy) is 1. The highest BCUT2D eigenvalue weighted by Crippen LogP contribution is 2.41. The number of hydrogen-bond acceptors (Lipinski definition) is 3. The van der Waals surface area contributed by atoms with Gasteiger partial charge >= 0.3 is 6.18 Å². The summed E-state index contributed by atoms with van der Waals surface area (Å²) in [4.78, 5) is 1.30. The van der Waals surface area contributed by atoms with Crippen molar-refractivity contribution in [2.45, 2.75) is 12.2 Å². The average molecular weight is 329 g/mol. The van der Waals surface area contributed by atoms with Gasteiger partial charge in [-0.25, -0.2) is 4.39 Å². The van der Waals surface area contributed by atoms with Crippen molar-refractivity contribution in [3.63, 3.8) is 0 Å². The van der Waals surface area contributed by atoms with E-state index in [0.717, 1.165) is 12.1 Å². The Morgan fingerprint density at radius 1 is 1.24 bits per heavy atom. The molecule has 120 valence electrons. The molecule has 3 nitrogen and oxygen atoms in total. The van der Waals surface area contributed by atoms with Crippen molar-refractivity contribution in [1.29, 1.82) is 0 Å². The first-order valence-corrected chi connectivity index (χ1v) is 6.28. The molecule has 0 aromatic heterocycles. The van der Waals surface area contributed by atoms with Crippen molar-refractivity contribution in [3.8, 4) is 5.75 Å². The summed E-state index contributed by atoms with van der Waals surface area (Å²) < 4.78 is 58.5. The second-order valence-electron chi connectivity index (χ2n) is 4.62. The Morgan fingerprint density at radius 3 is 2.38 bits per heavy atom. The van der Waals surface area contributed by atoms with E-state index < -0.39 is 18.0 Å². The second-order valence-corrected chi connectivity index (χ2v) is 4.62. The summed E-state index contributed by atoms with van der Waals surface area (Å²) >= 11 is 0. The van der Waals surface area contributed by atoms with E-state index in [1.54, 1.807) is 0 Å². The van der Waals surface area contributed by atoms with E-state index in [1.165, 1.54) is 18.1 Å². The van der Waals surface area contributed by atoms with Gasteiger partial charge < -0.3 is 10.1 Å². The Bertz CT molecular complexity index is 464. The monoisotopic (exact) mass is 328 g/mol. The van der Waals surface area contributed by atoms with Crippen molar-refractivity contribution in [2.75, 3.05) is 33.3 Å². The third-order valence-electron chi connectivity index (χ3n) is 3.31. The summed E-state index contributed by atoms with van der Waals surface area (Å²) in [7, 11) is 1.28. The number of hydrogen-bond donors (Lipinski definition) is 1. The van der Waals surface area contributed by atoms with E-state index in [-0.39, 0.29) is 36.8 Å². The molecule has 1 aliphatic heterocycles. The molecule has 0 amide bonds. The van der Waals surface area contributed by atoms with Crippen LogP contribution in [0.15, 0.2) is 18.2 Å². The predicted molar refractivity (Wildman–Crippen MR) is 73.4 cm³/mol. The van der Waals surface area contributed by atoms with Gasteiger partial charge in [0.25, 0.3) is 0 Å². The summed E-state index contributed by atoms with van der Waals surface area (Å²) in [5, 5.41) is 3.00. The zero-order chi connectivity index (χ0) is 14.8. The van der Waals surface area contributed by atoms with Crippen LogP contribution in [-0.4, -0.2) is 44.4 Å². The number of nitrogens with one attached hydrogen (secondary N) is 1. The first-order valence-electron chi connectivity index (χ1n) is 6.28. The molecule has 0 unspecified atom stereocenters. The average Bonchev–Trinajstić information content (AvgIpc) is 2.39. The number of benzene rings is 1. The predicted octanol–water partition coefficient (Wildman–Crippen LogP) is 2.76. The van der Waals surface area contributed by atoms with E-state index in [9.17, 15) is 17.6 Å². The maximum Gasteiger partial charge on any atom is 0.408 e. The molecule has 0 radical (unpaired) electrons. The van der Waals surface area contributed by atoms with Crippen LogP contribution in [0.5, 0.6) is 5.75 Å². The minimum Gasteiger partial charge on any atom is -0.496 e. The molecular weight excluding hydrogens is 312 g/mol. The van der Waals surface area contributed by atoms with Gasteiger partial charge in [-0.3, -0.25) is 4.90 Å². The van der Waals surface area contributed by atoms with Gasteiger partial charge in [-0.2, -0.15) is 13.2 Å². The lowest BCUT2D eigenvalue weighted by molar-refractivity contribution is -0.188. The summed E-state index contributed by atoms with van der Waals surface area (Å²) in [6, 6.07) is 1.37. The van der Waals surface area contributed by atoms with Crippen LogP contribution < -0.4 is 10.1 Å². The van der Waals surface area contributed by atoms with Gasteiger partial charge in [0.05, 0.1) is 7.11 Å². The lowest BCUT2D eigenvalue weighted by atomic mass is 10.0. The fourth-order valence-corrected chi connectivity index (χ4v) is 2.44. The van der Waals surface area contributed by atoms with Crippen LogP contribution in [0.25, 0.3) is 0 Å². The fraction of sp³-hybridized carbons (Fsp3) is 0.538. The van der Waals surface area contributed by atoms with Gasteiger partial charge in [-0.15, -0.1) is 12.4 Å². The Kier molecular flexibility index (Phi) is 6.24.